The number of hydrogen-bond acceptors (Lipinski definition) is 8. The fraction of sp³-hybridized carbons (Fsp3) is 0.429. The molecule has 54 heavy (non-hydrogen) atoms. The fourth-order valence-corrected chi connectivity index (χ4v) is 7.65. The molecule has 1 fully saturated rings. The molecule has 0 spiro atoms. The average molecular weight is 754 g/mol. The van der Waals surface area contributed by atoms with Gasteiger partial charge in [0.2, 0.25) is 11.9 Å². The number of aliphatic hydroxyl groups is 1. The highest BCUT2D eigenvalue weighted by Crippen LogP contribution is 2.45. The second-order valence-electron chi connectivity index (χ2n) is 15.9. The molecule has 0 radical (unpaired) electrons. The van der Waals surface area contributed by atoms with E-state index in [0.29, 0.717) is 0 Å². The van der Waals surface area contributed by atoms with Crippen molar-refractivity contribution in [3.05, 3.63) is 123 Å². The highest BCUT2D eigenvalue weighted by atomic mass is 28.4. The molecule has 1 saturated heterocycles. The summed E-state index contributed by atoms with van der Waals surface area (Å²) in [7, 11) is -2.51. The number of amides is 1. The van der Waals surface area contributed by atoms with Crippen LogP contribution >= 0.6 is 0 Å². The number of aromatic amines is 1. The number of nitrogens with zero attached hydrogens (tertiary/aromatic N) is 3. The lowest BCUT2D eigenvalue weighted by atomic mass is 9.79. The predicted molar refractivity (Wildman–Crippen MR) is 215 cm³/mol. The van der Waals surface area contributed by atoms with Crippen LogP contribution in [0.3, 0.4) is 0 Å². The standard InChI is InChI=1S/C41H51N5O6Si.CH4/c1-25(2)36(48)44-39-43-35-32(37(49)45-39)42-24-46(35)38-34(52-53(8,9)40(5,6)7)33(47)31(51-38)23-50-41(28-13-11-10-12-14-28,29-19-15-26(3)16-20-29)30-21-17-27(4)18-22-30;/h10-22,24-25,31,33-34,38,47H,23H2,1-9H3,(H2,43,44,45,48,49);1H4/t31-,33+,34?,38-;/m1./s1. The van der Waals surface area contributed by atoms with Gasteiger partial charge in [0.15, 0.2) is 25.7 Å². The van der Waals surface area contributed by atoms with Gasteiger partial charge in [0, 0.05) is 5.92 Å². The molecule has 1 amide bonds. The van der Waals surface area contributed by atoms with Gasteiger partial charge in [-0.3, -0.25) is 24.5 Å². The van der Waals surface area contributed by atoms with Crippen LogP contribution in [0.2, 0.25) is 18.1 Å². The number of fused-ring (bicyclic) bond motifs is 1. The van der Waals surface area contributed by atoms with E-state index < -0.39 is 44.0 Å². The van der Waals surface area contributed by atoms with Crippen LogP contribution in [0.15, 0.2) is 90.0 Å². The van der Waals surface area contributed by atoms with Crippen LogP contribution in [-0.2, 0) is 24.3 Å². The Morgan fingerprint density at radius 3 is 2.06 bits per heavy atom. The summed E-state index contributed by atoms with van der Waals surface area (Å²) in [5, 5.41) is 14.7. The van der Waals surface area contributed by atoms with Crippen molar-refractivity contribution in [2.45, 2.75) is 104 Å². The summed E-state index contributed by atoms with van der Waals surface area (Å²) in [6.07, 6.45) is -2.30. The minimum atomic E-state index is -2.51. The number of rotatable bonds is 11. The highest BCUT2D eigenvalue weighted by Gasteiger charge is 2.52. The molecule has 3 aromatic carbocycles. The quantitative estimate of drug-likeness (QED) is 0.0925. The topological polar surface area (TPSA) is 141 Å². The number of ether oxygens (including phenoxy) is 2. The molecule has 0 aliphatic carbocycles. The Bertz CT molecular complexity index is 2060. The fourth-order valence-electron chi connectivity index (χ4n) is 6.36. The molecule has 11 nitrogen and oxygen atoms in total. The van der Waals surface area contributed by atoms with Crippen molar-refractivity contribution in [3.63, 3.8) is 0 Å². The summed E-state index contributed by atoms with van der Waals surface area (Å²) in [5.74, 6) is -0.640. The Balaban J connectivity index is 0.00000561. The van der Waals surface area contributed by atoms with E-state index >= 15 is 0 Å². The average Bonchev–Trinajstić information content (AvgIpc) is 3.66. The van der Waals surface area contributed by atoms with E-state index in [1.165, 1.54) is 6.33 Å². The second-order valence-corrected chi connectivity index (χ2v) is 20.6. The second kappa shape index (κ2) is 15.7. The van der Waals surface area contributed by atoms with E-state index in [4.69, 9.17) is 13.9 Å². The van der Waals surface area contributed by atoms with Crippen LogP contribution in [0.25, 0.3) is 11.2 Å². The lowest BCUT2D eigenvalue weighted by molar-refractivity contribution is -0.118. The first kappa shape index (κ1) is 40.7. The molecule has 12 heteroatoms. The van der Waals surface area contributed by atoms with Crippen molar-refractivity contribution >= 4 is 31.3 Å². The lowest BCUT2D eigenvalue weighted by Gasteiger charge is -2.40. The van der Waals surface area contributed by atoms with Gasteiger partial charge in [-0.25, -0.2) is 4.98 Å². The van der Waals surface area contributed by atoms with Gasteiger partial charge in [-0.1, -0.05) is 132 Å². The maximum atomic E-state index is 13.2. The van der Waals surface area contributed by atoms with Crippen molar-refractivity contribution < 1.29 is 23.8 Å². The van der Waals surface area contributed by atoms with Crippen LogP contribution in [0.5, 0.6) is 0 Å². The van der Waals surface area contributed by atoms with Crippen molar-refractivity contribution in [3.8, 4) is 0 Å². The highest BCUT2D eigenvalue weighted by molar-refractivity contribution is 6.74. The molecule has 3 heterocycles. The van der Waals surface area contributed by atoms with Crippen LogP contribution < -0.4 is 10.9 Å². The molecule has 3 N–H and O–H groups in total. The zero-order valence-electron chi connectivity index (χ0n) is 32.0. The third-order valence-electron chi connectivity index (χ3n) is 10.6. The molecule has 2 aromatic heterocycles. The van der Waals surface area contributed by atoms with Gasteiger partial charge in [0.25, 0.3) is 5.56 Å². The number of aryl methyl sites for hydroxylation is 2. The molecule has 1 aliphatic heterocycles. The van der Waals surface area contributed by atoms with E-state index in [1.807, 2.05) is 30.3 Å². The lowest BCUT2D eigenvalue weighted by Crippen LogP contribution is -2.49. The van der Waals surface area contributed by atoms with E-state index in [9.17, 15) is 14.7 Å². The van der Waals surface area contributed by atoms with E-state index in [0.717, 1.165) is 27.8 Å². The van der Waals surface area contributed by atoms with Gasteiger partial charge in [0.1, 0.15) is 23.9 Å². The van der Waals surface area contributed by atoms with E-state index in [1.54, 1.807) is 18.4 Å². The summed E-state index contributed by atoms with van der Waals surface area (Å²) in [6, 6.07) is 26.7. The van der Waals surface area contributed by atoms with Crippen molar-refractivity contribution in [2.75, 3.05) is 11.9 Å². The number of anilines is 1. The first-order valence-corrected chi connectivity index (χ1v) is 21.1. The Hall–Kier alpha value is -4.46. The number of hydrogen-bond donors (Lipinski definition) is 3. The summed E-state index contributed by atoms with van der Waals surface area (Å²) < 4.78 is 22.4. The van der Waals surface area contributed by atoms with Gasteiger partial charge >= 0.3 is 0 Å². The number of imidazole rings is 1. The van der Waals surface area contributed by atoms with Crippen molar-refractivity contribution in [1.82, 2.24) is 19.5 Å². The Kier molecular flexibility index (Phi) is 11.9. The van der Waals surface area contributed by atoms with Gasteiger partial charge in [-0.15, -0.1) is 0 Å². The molecule has 288 valence electrons. The van der Waals surface area contributed by atoms with Crippen LogP contribution in [0.1, 0.15) is 76.1 Å². The zero-order chi connectivity index (χ0) is 38.3. The molecule has 4 atom stereocenters. The van der Waals surface area contributed by atoms with Gasteiger partial charge in [-0.2, -0.15) is 4.98 Å². The zero-order valence-corrected chi connectivity index (χ0v) is 33.0. The molecule has 0 bridgehead atoms. The van der Waals surface area contributed by atoms with Crippen molar-refractivity contribution in [1.29, 1.82) is 0 Å². The third-order valence-corrected chi connectivity index (χ3v) is 15.1. The summed E-state index contributed by atoms with van der Waals surface area (Å²) >= 11 is 0. The Morgan fingerprint density at radius 2 is 1.52 bits per heavy atom. The number of H-pyrrole nitrogens is 1. The van der Waals surface area contributed by atoms with E-state index in [-0.39, 0.29) is 48.0 Å². The minimum Gasteiger partial charge on any atom is -0.407 e. The van der Waals surface area contributed by atoms with Crippen LogP contribution in [0.4, 0.5) is 5.95 Å². The maximum absolute atomic E-state index is 13.2. The molecular weight excluding hydrogens is 699 g/mol. The van der Waals surface area contributed by atoms with Crippen molar-refractivity contribution in [2.24, 2.45) is 5.92 Å². The van der Waals surface area contributed by atoms with Gasteiger partial charge in [0.05, 0.1) is 12.9 Å². The minimum absolute atomic E-state index is 0. The van der Waals surface area contributed by atoms with Crippen LogP contribution in [-0.4, -0.2) is 63.8 Å². The number of carbonyl (C=O) groups is 1. The number of nitrogens with one attached hydrogen (secondary N) is 2. The van der Waals surface area contributed by atoms with Crippen LogP contribution in [0, 0.1) is 19.8 Å². The molecule has 5 aromatic rings. The SMILES string of the molecule is C.Cc1ccc(C(OC[C@H]2O[C@@H](n3cnc4c(=O)[nH]c(NC(=O)C(C)C)nc43)C(O[Si](C)(C)C(C)(C)C)[C@H]2O)(c2ccccc2)c2ccc(C)cc2)cc1. The third kappa shape index (κ3) is 7.85. The first-order valence-electron chi connectivity index (χ1n) is 18.1. The molecule has 0 saturated carbocycles. The van der Waals surface area contributed by atoms with Gasteiger partial charge < -0.3 is 19.0 Å². The summed E-state index contributed by atoms with van der Waals surface area (Å²) in [4.78, 5) is 37.3. The monoisotopic (exact) mass is 753 g/mol. The predicted octanol–water partition coefficient (Wildman–Crippen LogP) is 7.62. The Labute approximate surface area is 319 Å². The molecule has 6 rings (SSSR count). The summed E-state index contributed by atoms with van der Waals surface area (Å²) in [5.41, 5.74) is 3.70. The number of carbonyl (C=O) groups excluding carboxylic acids is 1. The number of benzene rings is 3. The summed E-state index contributed by atoms with van der Waals surface area (Å²) in [6.45, 7) is 18.2. The number of aliphatic hydroxyl groups excluding tert-OH is 1. The Morgan fingerprint density at radius 1 is 0.963 bits per heavy atom. The maximum Gasteiger partial charge on any atom is 0.280 e. The molecule has 1 unspecified atom stereocenters. The smallest absolute Gasteiger partial charge is 0.280 e. The largest absolute Gasteiger partial charge is 0.407 e. The van der Waals surface area contributed by atoms with Gasteiger partial charge in [-0.05, 0) is 48.7 Å². The molecule has 1 aliphatic rings. The first-order chi connectivity index (χ1) is 25.0. The normalized spacial score (nSPS) is 19.2. The van der Waals surface area contributed by atoms with E-state index in [2.05, 4.69) is 117 Å². The number of aromatic nitrogens is 4. The molecular formula is C42H55N5O6Si.